The minimum Gasteiger partial charge on any atom is -0.379 e. The third-order valence-electron chi connectivity index (χ3n) is 4.01. The van der Waals surface area contributed by atoms with Crippen LogP contribution in [0.3, 0.4) is 0 Å². The molecule has 24 heavy (non-hydrogen) atoms. The molecule has 128 valence electrons. The van der Waals surface area contributed by atoms with Crippen LogP contribution in [0.15, 0.2) is 29.6 Å². The van der Waals surface area contributed by atoms with E-state index in [-0.39, 0.29) is 5.91 Å². The van der Waals surface area contributed by atoms with Gasteiger partial charge >= 0.3 is 0 Å². The van der Waals surface area contributed by atoms with Gasteiger partial charge in [-0.1, -0.05) is 23.8 Å². The van der Waals surface area contributed by atoms with Gasteiger partial charge in [-0.15, -0.1) is 11.3 Å². The molecule has 2 heterocycles. The number of benzene rings is 1. The Kier molecular flexibility index (Phi) is 5.96. The highest BCUT2D eigenvalue weighted by molar-refractivity contribution is 7.13. The first-order valence-corrected chi connectivity index (χ1v) is 9.17. The van der Waals surface area contributed by atoms with Crippen molar-refractivity contribution in [2.24, 2.45) is 0 Å². The van der Waals surface area contributed by atoms with Crippen LogP contribution >= 0.6 is 11.3 Å². The van der Waals surface area contributed by atoms with Crippen molar-refractivity contribution in [2.75, 3.05) is 39.4 Å². The largest absolute Gasteiger partial charge is 0.379 e. The molecule has 0 aliphatic carbocycles. The van der Waals surface area contributed by atoms with E-state index in [4.69, 9.17) is 4.74 Å². The van der Waals surface area contributed by atoms with Crippen LogP contribution in [0.4, 0.5) is 0 Å². The number of morpholine rings is 1. The normalized spacial score (nSPS) is 15.4. The number of ether oxygens (including phenoxy) is 1. The monoisotopic (exact) mass is 345 g/mol. The summed E-state index contributed by atoms with van der Waals surface area (Å²) in [6.07, 6.45) is 0.339. The van der Waals surface area contributed by atoms with Crippen molar-refractivity contribution in [2.45, 2.75) is 13.3 Å². The summed E-state index contributed by atoms with van der Waals surface area (Å²) in [7, 11) is 0. The summed E-state index contributed by atoms with van der Waals surface area (Å²) < 4.78 is 5.32. The van der Waals surface area contributed by atoms with E-state index in [1.165, 1.54) is 5.56 Å². The summed E-state index contributed by atoms with van der Waals surface area (Å²) >= 11 is 1.59. The van der Waals surface area contributed by atoms with E-state index in [0.29, 0.717) is 13.0 Å². The molecule has 1 N–H and O–H groups in total. The fourth-order valence-electron chi connectivity index (χ4n) is 2.70. The minimum absolute atomic E-state index is 0.0318. The van der Waals surface area contributed by atoms with Crippen LogP contribution in [0.25, 0.3) is 10.6 Å². The Balaban J connectivity index is 1.46. The Hall–Kier alpha value is -1.76. The highest BCUT2D eigenvalue weighted by Gasteiger charge is 2.12. The van der Waals surface area contributed by atoms with Crippen LogP contribution in [0.2, 0.25) is 0 Å². The number of nitrogens with zero attached hydrogens (tertiary/aromatic N) is 2. The van der Waals surface area contributed by atoms with Gasteiger partial charge in [0.15, 0.2) is 0 Å². The lowest BCUT2D eigenvalue weighted by atomic mass is 10.1. The zero-order chi connectivity index (χ0) is 16.8. The summed E-state index contributed by atoms with van der Waals surface area (Å²) in [5.74, 6) is 0.0318. The van der Waals surface area contributed by atoms with Crippen molar-refractivity contribution in [3.63, 3.8) is 0 Å². The molecule has 1 aromatic carbocycles. The van der Waals surface area contributed by atoms with Gasteiger partial charge in [0.2, 0.25) is 5.91 Å². The first kappa shape index (κ1) is 17.1. The van der Waals surface area contributed by atoms with E-state index in [1.54, 1.807) is 11.3 Å². The van der Waals surface area contributed by atoms with E-state index in [2.05, 4.69) is 40.3 Å². The van der Waals surface area contributed by atoms with Crippen molar-refractivity contribution >= 4 is 17.2 Å². The second-order valence-electron chi connectivity index (χ2n) is 5.99. The maximum Gasteiger partial charge on any atom is 0.226 e. The van der Waals surface area contributed by atoms with E-state index >= 15 is 0 Å². The van der Waals surface area contributed by atoms with Gasteiger partial charge in [0.05, 0.1) is 25.3 Å². The van der Waals surface area contributed by atoms with E-state index in [0.717, 1.165) is 49.1 Å². The number of nitrogens with one attached hydrogen (secondary N) is 1. The molecule has 1 amide bonds. The number of hydrogen-bond acceptors (Lipinski definition) is 5. The molecule has 1 saturated heterocycles. The molecule has 0 unspecified atom stereocenters. The first-order chi connectivity index (χ1) is 11.7. The van der Waals surface area contributed by atoms with E-state index in [9.17, 15) is 4.79 Å². The maximum absolute atomic E-state index is 12.1. The van der Waals surface area contributed by atoms with Crippen LogP contribution < -0.4 is 5.32 Å². The lowest BCUT2D eigenvalue weighted by molar-refractivity contribution is -0.120. The number of carbonyl (C=O) groups excluding carboxylic acids is 1. The number of thiazole rings is 1. The van der Waals surface area contributed by atoms with E-state index in [1.807, 2.05) is 11.4 Å². The summed E-state index contributed by atoms with van der Waals surface area (Å²) in [5, 5.41) is 5.92. The number of rotatable bonds is 6. The zero-order valence-corrected chi connectivity index (χ0v) is 14.8. The quantitative estimate of drug-likeness (QED) is 0.871. The first-order valence-electron chi connectivity index (χ1n) is 8.29. The predicted molar refractivity (Wildman–Crippen MR) is 96.3 cm³/mol. The molecular formula is C18H23N3O2S. The van der Waals surface area contributed by atoms with Crippen LogP contribution in [0.1, 0.15) is 11.3 Å². The van der Waals surface area contributed by atoms with Gasteiger partial charge in [0.1, 0.15) is 5.01 Å². The molecule has 0 atom stereocenters. The molecule has 1 fully saturated rings. The van der Waals surface area contributed by atoms with Crippen LogP contribution in [-0.4, -0.2) is 55.2 Å². The van der Waals surface area contributed by atoms with Crippen molar-refractivity contribution in [3.05, 3.63) is 40.9 Å². The second kappa shape index (κ2) is 8.37. The zero-order valence-electron chi connectivity index (χ0n) is 14.0. The van der Waals surface area contributed by atoms with Crippen molar-refractivity contribution in [1.29, 1.82) is 0 Å². The highest BCUT2D eigenvalue weighted by atomic mass is 32.1. The molecule has 1 aromatic heterocycles. The fourth-order valence-corrected chi connectivity index (χ4v) is 3.52. The Labute approximate surface area is 146 Å². The Morgan fingerprint density at radius 1 is 1.38 bits per heavy atom. The third-order valence-corrected chi connectivity index (χ3v) is 4.95. The number of aryl methyl sites for hydroxylation is 1. The van der Waals surface area contributed by atoms with Crippen molar-refractivity contribution in [1.82, 2.24) is 15.2 Å². The minimum atomic E-state index is 0.0318. The lowest BCUT2D eigenvalue weighted by Gasteiger charge is -2.26. The molecule has 1 aliphatic rings. The standard InChI is InChI=1S/C18H23N3O2S/c1-14-3-2-4-15(11-14)18-20-16(13-24-18)12-17(22)19-5-6-21-7-9-23-10-8-21/h2-4,11,13H,5-10,12H2,1H3,(H,19,22). The Morgan fingerprint density at radius 3 is 3.00 bits per heavy atom. The summed E-state index contributed by atoms with van der Waals surface area (Å²) in [6.45, 7) is 7.08. The van der Waals surface area contributed by atoms with Crippen LogP contribution in [0.5, 0.6) is 0 Å². The third kappa shape index (κ3) is 4.87. The molecular weight excluding hydrogens is 322 g/mol. The van der Waals surface area contributed by atoms with Gasteiger partial charge in [0, 0.05) is 37.1 Å². The van der Waals surface area contributed by atoms with E-state index < -0.39 is 0 Å². The highest BCUT2D eigenvalue weighted by Crippen LogP contribution is 2.24. The van der Waals surface area contributed by atoms with Gasteiger partial charge in [-0.3, -0.25) is 9.69 Å². The molecule has 6 heteroatoms. The number of carbonyl (C=O) groups is 1. The Morgan fingerprint density at radius 2 is 2.21 bits per heavy atom. The molecule has 2 aromatic rings. The van der Waals surface area contributed by atoms with Gasteiger partial charge in [0.25, 0.3) is 0 Å². The molecule has 0 radical (unpaired) electrons. The smallest absolute Gasteiger partial charge is 0.226 e. The molecule has 3 rings (SSSR count). The average Bonchev–Trinajstić information content (AvgIpc) is 3.04. The van der Waals surface area contributed by atoms with Gasteiger partial charge in [-0.2, -0.15) is 0 Å². The second-order valence-corrected chi connectivity index (χ2v) is 6.85. The van der Waals surface area contributed by atoms with Crippen LogP contribution in [0, 0.1) is 6.92 Å². The topological polar surface area (TPSA) is 54.5 Å². The SMILES string of the molecule is Cc1cccc(-c2nc(CC(=O)NCCN3CCOCC3)cs2)c1. The fraction of sp³-hybridized carbons (Fsp3) is 0.444. The maximum atomic E-state index is 12.1. The molecule has 0 spiro atoms. The van der Waals surface area contributed by atoms with Crippen molar-refractivity contribution < 1.29 is 9.53 Å². The lowest BCUT2D eigenvalue weighted by Crippen LogP contribution is -2.41. The number of aromatic nitrogens is 1. The summed E-state index contributed by atoms with van der Waals surface area (Å²) in [5.41, 5.74) is 3.16. The van der Waals surface area contributed by atoms with Gasteiger partial charge in [-0.25, -0.2) is 4.98 Å². The Bertz CT molecular complexity index is 680. The summed E-state index contributed by atoms with van der Waals surface area (Å²) in [6, 6.07) is 8.27. The summed E-state index contributed by atoms with van der Waals surface area (Å²) in [4.78, 5) is 19.0. The van der Waals surface area contributed by atoms with Gasteiger partial charge < -0.3 is 10.1 Å². The van der Waals surface area contributed by atoms with Crippen LogP contribution in [-0.2, 0) is 16.0 Å². The molecule has 5 nitrogen and oxygen atoms in total. The van der Waals surface area contributed by atoms with Crippen molar-refractivity contribution in [3.8, 4) is 10.6 Å². The number of hydrogen-bond donors (Lipinski definition) is 1. The number of amides is 1. The average molecular weight is 345 g/mol. The molecule has 1 aliphatic heterocycles. The molecule has 0 bridgehead atoms. The molecule has 0 saturated carbocycles. The predicted octanol–water partition coefficient (Wildman–Crippen LogP) is 2.11. The van der Waals surface area contributed by atoms with Gasteiger partial charge in [-0.05, 0) is 13.0 Å².